The van der Waals surface area contributed by atoms with Crippen LogP contribution in [0.3, 0.4) is 0 Å². The first kappa shape index (κ1) is 13.6. The molecule has 0 radical (unpaired) electrons. The Bertz CT molecular complexity index is 592. The minimum absolute atomic E-state index is 0.137. The summed E-state index contributed by atoms with van der Waals surface area (Å²) in [5.41, 5.74) is 2.31. The molecule has 0 fully saturated rings. The topological polar surface area (TPSA) is 46.9 Å². The minimum Gasteiger partial charge on any atom is -0.347 e. The molecule has 1 heterocycles. The van der Waals surface area contributed by atoms with E-state index >= 15 is 0 Å². The monoisotopic (exact) mass is 277 g/mol. The lowest BCUT2D eigenvalue weighted by molar-refractivity contribution is 0.0940. The zero-order valence-corrected chi connectivity index (χ0v) is 11.7. The SMILES string of the molecule is CCn1nc(C)cc1C(=O)NCc1ccccc1Cl. The Morgan fingerprint density at radius 1 is 1.42 bits per heavy atom. The van der Waals surface area contributed by atoms with Crippen molar-refractivity contribution in [3.05, 3.63) is 52.3 Å². The Kier molecular flexibility index (Phi) is 4.22. The van der Waals surface area contributed by atoms with E-state index in [2.05, 4.69) is 10.4 Å². The molecule has 0 saturated heterocycles. The van der Waals surface area contributed by atoms with E-state index in [1.807, 2.05) is 38.1 Å². The second-order valence-electron chi connectivity index (χ2n) is 4.26. The molecule has 1 aromatic carbocycles. The predicted molar refractivity (Wildman–Crippen MR) is 75.3 cm³/mol. The van der Waals surface area contributed by atoms with Crippen molar-refractivity contribution >= 4 is 17.5 Å². The molecule has 0 bridgehead atoms. The molecule has 1 N–H and O–H groups in total. The van der Waals surface area contributed by atoms with E-state index in [1.54, 1.807) is 10.7 Å². The van der Waals surface area contributed by atoms with Gasteiger partial charge in [0, 0.05) is 18.1 Å². The van der Waals surface area contributed by atoms with Gasteiger partial charge in [-0.1, -0.05) is 29.8 Å². The number of carbonyl (C=O) groups is 1. The van der Waals surface area contributed by atoms with Crippen LogP contribution in [0.4, 0.5) is 0 Å². The van der Waals surface area contributed by atoms with Gasteiger partial charge in [-0.3, -0.25) is 9.48 Å². The van der Waals surface area contributed by atoms with Crippen molar-refractivity contribution in [3.8, 4) is 0 Å². The number of carbonyl (C=O) groups excluding carboxylic acids is 1. The maximum atomic E-state index is 12.1. The Morgan fingerprint density at radius 3 is 2.84 bits per heavy atom. The molecule has 19 heavy (non-hydrogen) atoms. The quantitative estimate of drug-likeness (QED) is 0.934. The molecule has 0 atom stereocenters. The molecule has 2 rings (SSSR count). The number of aryl methyl sites for hydroxylation is 2. The van der Waals surface area contributed by atoms with Gasteiger partial charge in [0.25, 0.3) is 5.91 Å². The van der Waals surface area contributed by atoms with E-state index in [0.29, 0.717) is 23.8 Å². The molecule has 0 aliphatic heterocycles. The van der Waals surface area contributed by atoms with Gasteiger partial charge in [-0.15, -0.1) is 0 Å². The molecule has 2 aromatic rings. The fourth-order valence-electron chi connectivity index (χ4n) is 1.88. The average molecular weight is 278 g/mol. The fourth-order valence-corrected chi connectivity index (χ4v) is 2.08. The van der Waals surface area contributed by atoms with Gasteiger partial charge in [0.1, 0.15) is 5.69 Å². The van der Waals surface area contributed by atoms with E-state index in [9.17, 15) is 4.79 Å². The zero-order chi connectivity index (χ0) is 13.8. The van der Waals surface area contributed by atoms with Gasteiger partial charge in [0.05, 0.1) is 5.69 Å². The van der Waals surface area contributed by atoms with Crippen LogP contribution >= 0.6 is 11.6 Å². The number of halogens is 1. The number of hydrogen-bond donors (Lipinski definition) is 1. The van der Waals surface area contributed by atoms with E-state index in [1.165, 1.54) is 0 Å². The predicted octanol–water partition coefficient (Wildman–Crippen LogP) is 2.79. The molecule has 100 valence electrons. The number of aromatic nitrogens is 2. The summed E-state index contributed by atoms with van der Waals surface area (Å²) in [6, 6.07) is 9.25. The number of rotatable bonds is 4. The van der Waals surface area contributed by atoms with Crippen molar-refractivity contribution in [2.45, 2.75) is 26.9 Å². The minimum atomic E-state index is -0.137. The van der Waals surface area contributed by atoms with Crippen LogP contribution in [-0.4, -0.2) is 15.7 Å². The summed E-state index contributed by atoms with van der Waals surface area (Å²) in [5.74, 6) is -0.137. The van der Waals surface area contributed by atoms with Crippen molar-refractivity contribution in [1.29, 1.82) is 0 Å². The summed E-state index contributed by atoms with van der Waals surface area (Å²) in [6.07, 6.45) is 0. The molecule has 0 unspecified atom stereocenters. The van der Waals surface area contributed by atoms with Crippen LogP contribution in [0.15, 0.2) is 30.3 Å². The summed E-state index contributed by atoms with van der Waals surface area (Å²) in [4.78, 5) is 12.1. The van der Waals surface area contributed by atoms with Crippen molar-refractivity contribution < 1.29 is 4.79 Å². The summed E-state index contributed by atoms with van der Waals surface area (Å²) in [6.45, 7) is 4.91. The van der Waals surface area contributed by atoms with Crippen molar-refractivity contribution in [1.82, 2.24) is 15.1 Å². The standard InChI is InChI=1S/C14H16ClN3O/c1-3-18-13(8-10(2)17-18)14(19)16-9-11-6-4-5-7-12(11)15/h4-8H,3,9H2,1-2H3,(H,16,19). The lowest BCUT2D eigenvalue weighted by Gasteiger charge is -2.07. The Hall–Kier alpha value is -1.81. The zero-order valence-electron chi connectivity index (χ0n) is 11.0. The molecule has 5 heteroatoms. The lowest BCUT2D eigenvalue weighted by atomic mass is 10.2. The maximum absolute atomic E-state index is 12.1. The van der Waals surface area contributed by atoms with Crippen LogP contribution in [0.1, 0.15) is 28.7 Å². The van der Waals surface area contributed by atoms with Crippen molar-refractivity contribution in [2.75, 3.05) is 0 Å². The highest BCUT2D eigenvalue weighted by atomic mass is 35.5. The molecule has 0 saturated carbocycles. The maximum Gasteiger partial charge on any atom is 0.269 e. The molecular formula is C14H16ClN3O. The molecule has 4 nitrogen and oxygen atoms in total. The van der Waals surface area contributed by atoms with Gasteiger partial charge < -0.3 is 5.32 Å². The third kappa shape index (κ3) is 3.15. The van der Waals surface area contributed by atoms with E-state index in [-0.39, 0.29) is 5.91 Å². The summed E-state index contributed by atoms with van der Waals surface area (Å²) < 4.78 is 1.69. The average Bonchev–Trinajstić information content (AvgIpc) is 2.79. The number of benzene rings is 1. The largest absolute Gasteiger partial charge is 0.347 e. The highest BCUT2D eigenvalue weighted by Gasteiger charge is 2.12. The Morgan fingerprint density at radius 2 is 2.16 bits per heavy atom. The molecule has 0 aliphatic rings. The third-order valence-corrected chi connectivity index (χ3v) is 3.20. The molecule has 1 amide bonds. The number of nitrogens with one attached hydrogen (secondary N) is 1. The summed E-state index contributed by atoms with van der Waals surface area (Å²) in [5, 5.41) is 7.77. The van der Waals surface area contributed by atoms with Gasteiger partial charge in [-0.25, -0.2) is 0 Å². The van der Waals surface area contributed by atoms with Gasteiger partial charge >= 0.3 is 0 Å². The second kappa shape index (κ2) is 5.89. The summed E-state index contributed by atoms with van der Waals surface area (Å²) >= 11 is 6.05. The van der Waals surface area contributed by atoms with Crippen LogP contribution in [-0.2, 0) is 13.1 Å². The highest BCUT2D eigenvalue weighted by Crippen LogP contribution is 2.14. The van der Waals surface area contributed by atoms with E-state index < -0.39 is 0 Å². The van der Waals surface area contributed by atoms with Crippen LogP contribution in [0.25, 0.3) is 0 Å². The van der Waals surface area contributed by atoms with E-state index in [4.69, 9.17) is 11.6 Å². The normalized spacial score (nSPS) is 10.5. The molecular weight excluding hydrogens is 262 g/mol. The van der Waals surface area contributed by atoms with Gasteiger partial charge in [0.2, 0.25) is 0 Å². The molecule has 0 aliphatic carbocycles. The summed E-state index contributed by atoms with van der Waals surface area (Å²) in [7, 11) is 0. The van der Waals surface area contributed by atoms with Crippen molar-refractivity contribution in [3.63, 3.8) is 0 Å². The van der Waals surface area contributed by atoms with Crippen LogP contribution in [0.2, 0.25) is 5.02 Å². The van der Waals surface area contributed by atoms with E-state index in [0.717, 1.165) is 11.3 Å². The fraction of sp³-hybridized carbons (Fsp3) is 0.286. The van der Waals surface area contributed by atoms with Gasteiger partial charge in [-0.2, -0.15) is 5.10 Å². The van der Waals surface area contributed by atoms with Gasteiger partial charge in [-0.05, 0) is 31.5 Å². The Labute approximate surface area is 117 Å². The second-order valence-corrected chi connectivity index (χ2v) is 4.67. The first-order valence-electron chi connectivity index (χ1n) is 6.18. The molecule has 1 aromatic heterocycles. The highest BCUT2D eigenvalue weighted by molar-refractivity contribution is 6.31. The Balaban J connectivity index is 2.07. The number of amides is 1. The first-order valence-corrected chi connectivity index (χ1v) is 6.55. The number of nitrogens with zero attached hydrogens (tertiary/aromatic N) is 2. The van der Waals surface area contributed by atoms with Crippen LogP contribution in [0, 0.1) is 6.92 Å². The van der Waals surface area contributed by atoms with Crippen LogP contribution in [0.5, 0.6) is 0 Å². The number of hydrogen-bond acceptors (Lipinski definition) is 2. The first-order chi connectivity index (χ1) is 9.11. The lowest BCUT2D eigenvalue weighted by Crippen LogP contribution is -2.25. The van der Waals surface area contributed by atoms with Crippen LogP contribution < -0.4 is 5.32 Å². The van der Waals surface area contributed by atoms with Gasteiger partial charge in [0.15, 0.2) is 0 Å². The third-order valence-electron chi connectivity index (χ3n) is 2.83. The smallest absolute Gasteiger partial charge is 0.269 e. The molecule has 0 spiro atoms. The van der Waals surface area contributed by atoms with Crippen molar-refractivity contribution in [2.24, 2.45) is 0 Å².